The molecule has 6 rings (SSSR count). The second-order valence-corrected chi connectivity index (χ2v) is 10.5. The molecule has 0 N–H and O–H groups in total. The normalized spacial score (nSPS) is 13.0. The average molecular weight is 701 g/mol. The van der Waals surface area contributed by atoms with Crippen molar-refractivity contribution >= 4 is 0 Å². The second kappa shape index (κ2) is 15.4. The van der Waals surface area contributed by atoms with E-state index in [0.717, 1.165) is 34.9 Å². The molecule has 2 heterocycles. The van der Waals surface area contributed by atoms with Gasteiger partial charge in [0.15, 0.2) is 0 Å². The molecule has 0 atom stereocenters. The minimum atomic E-state index is 0. The van der Waals surface area contributed by atoms with Crippen LogP contribution >= 0.6 is 0 Å². The van der Waals surface area contributed by atoms with Gasteiger partial charge in [-0.3, -0.25) is 0 Å². The first-order valence-corrected chi connectivity index (χ1v) is 14.1. The van der Waals surface area contributed by atoms with E-state index in [4.69, 9.17) is 0 Å². The number of hydrogen-bond acceptors (Lipinski definition) is 2. The molecule has 0 unspecified atom stereocenters. The van der Waals surface area contributed by atoms with E-state index >= 15 is 0 Å². The maximum Gasteiger partial charge on any atom is 0.0192 e. The van der Waals surface area contributed by atoms with Crippen molar-refractivity contribution in [3.63, 3.8) is 0 Å². The fraction of sp³-hybridized carbons (Fsp3) is 0.243. The molecule has 40 heavy (non-hydrogen) atoms. The van der Waals surface area contributed by atoms with Crippen molar-refractivity contribution in [3.05, 3.63) is 144 Å². The summed E-state index contributed by atoms with van der Waals surface area (Å²) >= 11 is 0. The summed E-state index contributed by atoms with van der Waals surface area (Å²) in [6.07, 6.45) is 13.1. The molecule has 1 saturated carbocycles. The molecule has 0 spiro atoms. The van der Waals surface area contributed by atoms with Crippen molar-refractivity contribution in [2.24, 2.45) is 5.92 Å². The topological polar surface area (TPSA) is 25.8 Å². The van der Waals surface area contributed by atoms with E-state index in [2.05, 4.69) is 77.6 Å². The van der Waals surface area contributed by atoms with E-state index in [9.17, 15) is 0 Å². The minimum Gasteiger partial charge on any atom is -0.305 e. The zero-order valence-electron chi connectivity index (χ0n) is 23.1. The van der Waals surface area contributed by atoms with Gasteiger partial charge in [0, 0.05) is 32.5 Å². The van der Waals surface area contributed by atoms with Crippen LogP contribution in [0.3, 0.4) is 0 Å². The van der Waals surface area contributed by atoms with Crippen LogP contribution in [0.1, 0.15) is 54.4 Å². The molecule has 205 valence electrons. The van der Waals surface area contributed by atoms with Crippen molar-refractivity contribution in [1.82, 2.24) is 9.97 Å². The number of aromatic nitrogens is 2. The van der Waals surface area contributed by atoms with Crippen molar-refractivity contribution in [1.29, 1.82) is 0 Å². The largest absolute Gasteiger partial charge is 0.305 e. The van der Waals surface area contributed by atoms with Gasteiger partial charge in [-0.2, -0.15) is 0 Å². The van der Waals surface area contributed by atoms with E-state index in [1.54, 1.807) is 0 Å². The van der Waals surface area contributed by atoms with Crippen LogP contribution in [0.2, 0.25) is 0 Å². The molecule has 1 fully saturated rings. The summed E-state index contributed by atoms with van der Waals surface area (Å²) in [7, 11) is 0. The molecule has 0 saturated heterocycles. The predicted octanol–water partition coefficient (Wildman–Crippen LogP) is 9.12. The van der Waals surface area contributed by atoms with Crippen LogP contribution in [0.15, 0.2) is 109 Å². The summed E-state index contributed by atoms with van der Waals surface area (Å²) in [4.78, 5) is 8.99. The van der Waals surface area contributed by atoms with Gasteiger partial charge in [0.25, 0.3) is 0 Å². The van der Waals surface area contributed by atoms with Gasteiger partial charge in [0.2, 0.25) is 0 Å². The van der Waals surface area contributed by atoms with E-state index in [0.29, 0.717) is 0 Å². The Kier molecular flexibility index (Phi) is 11.4. The maximum atomic E-state index is 4.57. The Balaban J connectivity index is 0.000000181. The molecule has 1 radical (unpaired) electrons. The van der Waals surface area contributed by atoms with Crippen LogP contribution < -0.4 is 0 Å². The fourth-order valence-electron chi connectivity index (χ4n) is 5.30. The third-order valence-electron chi connectivity index (χ3n) is 7.49. The Hall–Kier alpha value is -3.39. The molecular weight excluding hydrogens is 665 g/mol. The Labute approximate surface area is 253 Å². The summed E-state index contributed by atoms with van der Waals surface area (Å²) in [5.74, 6) is 0.873. The summed E-state index contributed by atoms with van der Waals surface area (Å²) in [5.41, 5.74) is 9.56. The van der Waals surface area contributed by atoms with Crippen LogP contribution in [0.5, 0.6) is 0 Å². The zero-order valence-corrected chi connectivity index (χ0v) is 25.5. The molecule has 0 bridgehead atoms. The van der Waals surface area contributed by atoms with Crippen LogP contribution in [-0.4, -0.2) is 9.97 Å². The molecule has 3 aromatic carbocycles. The minimum absolute atomic E-state index is 0. The van der Waals surface area contributed by atoms with Gasteiger partial charge in [-0.15, -0.1) is 71.8 Å². The van der Waals surface area contributed by atoms with E-state index < -0.39 is 0 Å². The summed E-state index contributed by atoms with van der Waals surface area (Å²) in [6, 6.07) is 39.5. The van der Waals surface area contributed by atoms with Crippen molar-refractivity contribution < 1.29 is 20.1 Å². The molecular formula is C37H36IrN2-2. The Bertz CT molecular complexity index is 1430. The van der Waals surface area contributed by atoms with Crippen molar-refractivity contribution in [2.45, 2.75) is 51.9 Å². The van der Waals surface area contributed by atoms with Gasteiger partial charge in [-0.1, -0.05) is 80.1 Å². The number of aryl methyl sites for hydroxylation is 1. The van der Waals surface area contributed by atoms with Crippen LogP contribution in [-0.2, 0) is 32.9 Å². The second-order valence-electron chi connectivity index (χ2n) is 10.5. The summed E-state index contributed by atoms with van der Waals surface area (Å²) in [5, 5.41) is 0. The van der Waals surface area contributed by atoms with Gasteiger partial charge >= 0.3 is 0 Å². The smallest absolute Gasteiger partial charge is 0.0192 e. The summed E-state index contributed by atoms with van der Waals surface area (Å²) < 4.78 is 0. The molecule has 2 aromatic heterocycles. The Morgan fingerprint density at radius 2 is 1.35 bits per heavy atom. The molecule has 5 aromatic rings. The molecule has 0 amide bonds. The standard InChI is InChI=1S/C19H22N.C18H14N.Ir/c1-15-14-20-19(17-10-6-3-7-11-17)13-18(15)12-16-8-4-2-5-9-16;1-3-7-15(8-4-1)13-16-11-12-19-18(14-16)17-9-5-2-6-10-17;/h3,6-7,10,13-14,16H,2,4-5,8-9,12H2,1H3;1-9,11-12,14H,13H2;/q2*-1;. The van der Waals surface area contributed by atoms with Crippen LogP contribution in [0, 0.1) is 25.0 Å². The quantitative estimate of drug-likeness (QED) is 0.165. The van der Waals surface area contributed by atoms with E-state index in [1.807, 2.05) is 60.9 Å². The molecule has 1 aliphatic carbocycles. The van der Waals surface area contributed by atoms with E-state index in [1.165, 1.54) is 60.8 Å². The van der Waals surface area contributed by atoms with Gasteiger partial charge in [-0.25, -0.2) is 0 Å². The first-order valence-electron chi connectivity index (χ1n) is 14.1. The maximum absolute atomic E-state index is 4.57. The number of rotatable bonds is 6. The Morgan fingerprint density at radius 1 is 0.700 bits per heavy atom. The molecule has 3 heteroatoms. The fourth-order valence-corrected chi connectivity index (χ4v) is 5.30. The monoisotopic (exact) mass is 701 g/mol. The third-order valence-corrected chi connectivity index (χ3v) is 7.49. The van der Waals surface area contributed by atoms with Gasteiger partial charge in [0.05, 0.1) is 0 Å². The number of pyridine rings is 2. The van der Waals surface area contributed by atoms with Crippen LogP contribution in [0.25, 0.3) is 22.5 Å². The first-order chi connectivity index (χ1) is 19.2. The van der Waals surface area contributed by atoms with Crippen molar-refractivity contribution in [3.8, 4) is 22.5 Å². The number of hydrogen-bond donors (Lipinski definition) is 0. The molecule has 1 aliphatic rings. The van der Waals surface area contributed by atoms with Crippen LogP contribution in [0.4, 0.5) is 0 Å². The SMILES string of the molecule is Cc1cnc(-c2[c-]cccc2)cc1CC1CCCCC1.[Ir].[c-]1ccccc1-c1cc(Cc2ccccc2)ccn1. The predicted molar refractivity (Wildman–Crippen MR) is 161 cm³/mol. The number of benzene rings is 3. The average Bonchev–Trinajstić information content (AvgIpc) is 3.01. The molecule has 0 aliphatic heterocycles. The zero-order chi connectivity index (χ0) is 26.7. The van der Waals surface area contributed by atoms with E-state index in [-0.39, 0.29) is 20.1 Å². The van der Waals surface area contributed by atoms with Gasteiger partial charge in [0.1, 0.15) is 0 Å². The van der Waals surface area contributed by atoms with Gasteiger partial charge < -0.3 is 9.97 Å². The van der Waals surface area contributed by atoms with Gasteiger partial charge in [-0.05, 0) is 59.8 Å². The Morgan fingerprint density at radius 3 is 2.00 bits per heavy atom. The number of nitrogens with zero attached hydrogens (tertiary/aromatic N) is 2. The first kappa shape index (κ1) is 29.6. The molecule has 2 nitrogen and oxygen atoms in total. The summed E-state index contributed by atoms with van der Waals surface area (Å²) in [6.45, 7) is 2.18. The third kappa shape index (κ3) is 8.55. The van der Waals surface area contributed by atoms with Crippen molar-refractivity contribution in [2.75, 3.05) is 0 Å².